The molecule has 5 rings (SSSR count). The molecule has 0 unspecified atom stereocenters. The topological polar surface area (TPSA) is 108 Å². The number of ether oxygens (including phenoxy) is 1. The maximum atomic E-state index is 12.5. The van der Waals surface area contributed by atoms with Crippen molar-refractivity contribution in [1.29, 1.82) is 0 Å². The predicted octanol–water partition coefficient (Wildman–Crippen LogP) is 1.93. The molecule has 3 aliphatic rings. The van der Waals surface area contributed by atoms with E-state index in [1.165, 1.54) is 0 Å². The van der Waals surface area contributed by atoms with E-state index in [4.69, 9.17) is 4.74 Å². The first-order valence-electron chi connectivity index (χ1n) is 10.3. The molecule has 3 heterocycles. The van der Waals surface area contributed by atoms with Gasteiger partial charge in [-0.3, -0.25) is 9.89 Å². The zero-order valence-electron chi connectivity index (χ0n) is 16.2. The number of amides is 3. The SMILES string of the molecule is O=C1N[C@H]2OCCC[C@H]2[C@H](c2ccc(CNC(=O)c3n[nH]c4c3CCC4)cc2)N1. The first-order chi connectivity index (χ1) is 14.2. The van der Waals surface area contributed by atoms with Gasteiger partial charge >= 0.3 is 6.03 Å². The molecule has 1 aromatic carbocycles. The molecule has 152 valence electrons. The largest absolute Gasteiger partial charge is 0.358 e. The molecule has 0 bridgehead atoms. The van der Waals surface area contributed by atoms with Crippen LogP contribution in [-0.2, 0) is 24.1 Å². The monoisotopic (exact) mass is 395 g/mol. The minimum atomic E-state index is -0.225. The van der Waals surface area contributed by atoms with Crippen molar-refractivity contribution in [2.75, 3.05) is 6.61 Å². The molecule has 2 aromatic rings. The van der Waals surface area contributed by atoms with Crippen molar-refractivity contribution in [2.24, 2.45) is 5.92 Å². The standard InChI is InChI=1S/C21H25N5O3/c27-19(18-14-3-1-5-16(14)25-26-18)22-11-12-6-8-13(9-7-12)17-15-4-2-10-29-20(15)24-21(28)23-17/h6-9,15,17,20H,1-5,10-11H2,(H,22,27)(H,25,26)(H2,23,24,28)/t15-,17-,20-/m0/s1. The van der Waals surface area contributed by atoms with Gasteiger partial charge in [0, 0.05) is 30.3 Å². The summed E-state index contributed by atoms with van der Waals surface area (Å²) in [5.41, 5.74) is 4.73. The van der Waals surface area contributed by atoms with Gasteiger partial charge in [-0.1, -0.05) is 24.3 Å². The summed E-state index contributed by atoms with van der Waals surface area (Å²) in [6.07, 6.45) is 4.74. The maximum absolute atomic E-state index is 12.5. The number of benzene rings is 1. The molecule has 0 saturated carbocycles. The molecule has 8 nitrogen and oxygen atoms in total. The molecule has 29 heavy (non-hydrogen) atoms. The normalized spacial score (nSPS) is 25.5. The van der Waals surface area contributed by atoms with E-state index in [-0.39, 0.29) is 30.1 Å². The molecule has 0 spiro atoms. The Balaban J connectivity index is 1.24. The molecule has 2 saturated heterocycles. The van der Waals surface area contributed by atoms with Gasteiger partial charge in [-0.15, -0.1) is 0 Å². The van der Waals surface area contributed by atoms with Gasteiger partial charge in [-0.05, 0) is 43.2 Å². The minimum absolute atomic E-state index is 0.0654. The number of urea groups is 1. The average Bonchev–Trinajstić information content (AvgIpc) is 3.36. The first-order valence-corrected chi connectivity index (χ1v) is 10.3. The van der Waals surface area contributed by atoms with E-state index in [9.17, 15) is 9.59 Å². The van der Waals surface area contributed by atoms with E-state index in [1.807, 2.05) is 24.3 Å². The summed E-state index contributed by atoms with van der Waals surface area (Å²) in [5.74, 6) is 0.0788. The fourth-order valence-corrected chi connectivity index (χ4v) is 4.66. The Kier molecular flexibility index (Phi) is 4.71. The number of hydrogen-bond donors (Lipinski definition) is 4. The number of carbonyl (C=O) groups is 2. The molecule has 3 atom stereocenters. The molecule has 2 aliphatic heterocycles. The van der Waals surface area contributed by atoms with Gasteiger partial charge in [-0.25, -0.2) is 4.79 Å². The summed E-state index contributed by atoms with van der Waals surface area (Å²) in [6.45, 7) is 1.13. The lowest BCUT2D eigenvalue weighted by Gasteiger charge is -2.41. The van der Waals surface area contributed by atoms with E-state index < -0.39 is 0 Å². The number of hydrogen-bond acceptors (Lipinski definition) is 4. The second kappa shape index (κ2) is 7.51. The summed E-state index contributed by atoms with van der Waals surface area (Å²) < 4.78 is 5.73. The number of aromatic nitrogens is 2. The van der Waals surface area contributed by atoms with E-state index in [1.54, 1.807) is 0 Å². The van der Waals surface area contributed by atoms with Crippen LogP contribution in [0.25, 0.3) is 0 Å². The summed E-state index contributed by atoms with van der Waals surface area (Å²) in [6, 6.07) is 7.78. The number of aromatic amines is 1. The van der Waals surface area contributed by atoms with Crippen molar-refractivity contribution >= 4 is 11.9 Å². The van der Waals surface area contributed by atoms with Gasteiger partial charge in [0.25, 0.3) is 5.91 Å². The highest BCUT2D eigenvalue weighted by Gasteiger charge is 2.39. The lowest BCUT2D eigenvalue weighted by molar-refractivity contribution is -0.0602. The number of rotatable bonds is 4. The van der Waals surface area contributed by atoms with E-state index in [0.29, 0.717) is 18.8 Å². The number of aryl methyl sites for hydroxylation is 1. The minimum Gasteiger partial charge on any atom is -0.358 e. The number of carbonyl (C=O) groups excluding carboxylic acids is 2. The third kappa shape index (κ3) is 3.48. The maximum Gasteiger partial charge on any atom is 0.317 e. The van der Waals surface area contributed by atoms with Gasteiger partial charge in [0.1, 0.15) is 6.23 Å². The molecular formula is C21H25N5O3. The third-order valence-corrected chi connectivity index (χ3v) is 6.17. The Morgan fingerprint density at radius 2 is 2.03 bits per heavy atom. The molecule has 8 heteroatoms. The van der Waals surface area contributed by atoms with Gasteiger partial charge in [0.15, 0.2) is 5.69 Å². The van der Waals surface area contributed by atoms with Crippen LogP contribution in [0.3, 0.4) is 0 Å². The van der Waals surface area contributed by atoms with Crippen LogP contribution < -0.4 is 16.0 Å². The molecule has 2 fully saturated rings. The lowest BCUT2D eigenvalue weighted by Crippen LogP contribution is -2.58. The lowest BCUT2D eigenvalue weighted by atomic mass is 9.85. The van der Waals surface area contributed by atoms with Crippen molar-refractivity contribution in [3.8, 4) is 0 Å². The third-order valence-electron chi connectivity index (χ3n) is 6.17. The van der Waals surface area contributed by atoms with Crippen LogP contribution in [0, 0.1) is 5.92 Å². The van der Waals surface area contributed by atoms with Gasteiger partial charge in [0.05, 0.1) is 6.04 Å². The van der Waals surface area contributed by atoms with Crippen molar-refractivity contribution in [2.45, 2.75) is 50.9 Å². The Hall–Kier alpha value is -2.87. The zero-order valence-corrected chi connectivity index (χ0v) is 16.2. The second-order valence-corrected chi connectivity index (χ2v) is 8.00. The molecular weight excluding hydrogens is 370 g/mol. The number of nitrogens with one attached hydrogen (secondary N) is 4. The highest BCUT2D eigenvalue weighted by Crippen LogP contribution is 2.34. The van der Waals surface area contributed by atoms with Crippen LogP contribution in [0.15, 0.2) is 24.3 Å². The summed E-state index contributed by atoms with van der Waals surface area (Å²) in [5, 5.41) is 16.0. The molecule has 4 N–H and O–H groups in total. The highest BCUT2D eigenvalue weighted by molar-refractivity contribution is 5.94. The van der Waals surface area contributed by atoms with Crippen molar-refractivity contribution < 1.29 is 14.3 Å². The fourth-order valence-electron chi connectivity index (χ4n) is 4.66. The van der Waals surface area contributed by atoms with Gasteiger partial charge in [0.2, 0.25) is 0 Å². The summed E-state index contributed by atoms with van der Waals surface area (Å²) in [4.78, 5) is 24.5. The van der Waals surface area contributed by atoms with E-state index >= 15 is 0 Å². The first kappa shape index (κ1) is 18.2. The molecule has 1 aliphatic carbocycles. The number of nitrogens with zero attached hydrogens (tertiary/aromatic N) is 1. The van der Waals surface area contributed by atoms with Crippen LogP contribution in [0.4, 0.5) is 4.79 Å². The average molecular weight is 395 g/mol. The Morgan fingerprint density at radius 1 is 1.17 bits per heavy atom. The molecule has 1 aromatic heterocycles. The number of H-pyrrole nitrogens is 1. The summed E-state index contributed by atoms with van der Waals surface area (Å²) >= 11 is 0. The second-order valence-electron chi connectivity index (χ2n) is 8.00. The van der Waals surface area contributed by atoms with E-state index in [0.717, 1.165) is 54.5 Å². The van der Waals surface area contributed by atoms with Crippen LogP contribution in [0.2, 0.25) is 0 Å². The van der Waals surface area contributed by atoms with Gasteiger partial charge in [-0.2, -0.15) is 5.10 Å². The zero-order chi connectivity index (χ0) is 19.8. The van der Waals surface area contributed by atoms with Crippen LogP contribution in [-0.4, -0.2) is 35.0 Å². The van der Waals surface area contributed by atoms with Gasteiger partial charge < -0.3 is 20.7 Å². The number of fused-ring (bicyclic) bond motifs is 2. The predicted molar refractivity (Wildman–Crippen MR) is 105 cm³/mol. The molecule has 3 amide bonds. The Labute approximate surface area is 168 Å². The molecule has 0 radical (unpaired) electrons. The quantitative estimate of drug-likeness (QED) is 0.634. The highest BCUT2D eigenvalue weighted by atomic mass is 16.5. The summed E-state index contributed by atoms with van der Waals surface area (Å²) in [7, 11) is 0. The van der Waals surface area contributed by atoms with E-state index in [2.05, 4.69) is 26.1 Å². The Bertz CT molecular complexity index is 923. The van der Waals surface area contributed by atoms with Crippen molar-refractivity contribution in [3.05, 3.63) is 52.3 Å². The Morgan fingerprint density at radius 3 is 2.90 bits per heavy atom. The van der Waals surface area contributed by atoms with Crippen LogP contribution in [0.1, 0.15) is 58.2 Å². The van der Waals surface area contributed by atoms with Crippen LogP contribution in [0.5, 0.6) is 0 Å². The van der Waals surface area contributed by atoms with Crippen molar-refractivity contribution in [1.82, 2.24) is 26.1 Å². The smallest absolute Gasteiger partial charge is 0.317 e. The van der Waals surface area contributed by atoms with Crippen molar-refractivity contribution in [3.63, 3.8) is 0 Å². The fraction of sp³-hybridized carbons (Fsp3) is 0.476. The van der Waals surface area contributed by atoms with Crippen LogP contribution >= 0.6 is 0 Å².